The molecule has 2 amide bonds. The Morgan fingerprint density at radius 1 is 1.11 bits per heavy atom. The fourth-order valence-electron chi connectivity index (χ4n) is 2.14. The first-order valence-corrected chi connectivity index (χ1v) is 6.12. The summed E-state index contributed by atoms with van der Waals surface area (Å²) in [6, 6.07) is 4.89. The number of rotatable bonds is 1. The number of nitrogens with zero attached hydrogens (tertiary/aromatic N) is 1. The molecule has 1 saturated heterocycles. The number of aryl methyl sites for hydroxylation is 2. The molecular weight excluding hydrogens is 228 g/mol. The summed E-state index contributed by atoms with van der Waals surface area (Å²) in [5.41, 5.74) is 3.08. The summed E-state index contributed by atoms with van der Waals surface area (Å²) in [6.45, 7) is 7.48. The normalized spacial score (nSPS) is 24.1. The highest BCUT2D eigenvalue weighted by molar-refractivity contribution is 6.08. The summed E-state index contributed by atoms with van der Waals surface area (Å²) >= 11 is 0. The maximum absolute atomic E-state index is 12.2. The molecule has 2 atom stereocenters. The SMILES string of the molecule is Cc1ccc(N2C(=O)C(C)NC(=O)C2C)cc1C. The van der Waals surface area contributed by atoms with Crippen LogP contribution in [-0.2, 0) is 9.59 Å². The Hall–Kier alpha value is -1.84. The molecule has 0 radical (unpaired) electrons. The van der Waals surface area contributed by atoms with Crippen molar-refractivity contribution in [3.8, 4) is 0 Å². The third-order valence-corrected chi connectivity index (χ3v) is 3.50. The van der Waals surface area contributed by atoms with E-state index in [4.69, 9.17) is 0 Å². The van der Waals surface area contributed by atoms with Gasteiger partial charge in [-0.15, -0.1) is 0 Å². The molecule has 0 bridgehead atoms. The van der Waals surface area contributed by atoms with Crippen molar-refractivity contribution < 1.29 is 9.59 Å². The molecule has 96 valence electrons. The van der Waals surface area contributed by atoms with E-state index >= 15 is 0 Å². The number of hydrogen-bond donors (Lipinski definition) is 1. The van der Waals surface area contributed by atoms with Crippen LogP contribution in [0.3, 0.4) is 0 Å². The zero-order chi connectivity index (χ0) is 13.4. The number of anilines is 1. The van der Waals surface area contributed by atoms with Gasteiger partial charge in [-0.25, -0.2) is 0 Å². The molecule has 1 aliphatic heterocycles. The quantitative estimate of drug-likeness (QED) is 0.817. The van der Waals surface area contributed by atoms with Crippen LogP contribution >= 0.6 is 0 Å². The van der Waals surface area contributed by atoms with E-state index in [1.807, 2.05) is 32.0 Å². The van der Waals surface area contributed by atoms with E-state index in [1.165, 1.54) is 5.56 Å². The second-order valence-electron chi connectivity index (χ2n) is 4.88. The molecular formula is C14H18N2O2. The average Bonchev–Trinajstić information content (AvgIpc) is 2.31. The topological polar surface area (TPSA) is 49.4 Å². The van der Waals surface area contributed by atoms with Crippen molar-refractivity contribution in [2.45, 2.75) is 39.8 Å². The standard InChI is InChI=1S/C14H18N2O2/c1-8-5-6-12(7-9(8)2)16-11(4)13(17)15-10(3)14(16)18/h5-7,10-11H,1-4H3,(H,15,17). The molecule has 0 aliphatic carbocycles. The molecule has 0 aromatic heterocycles. The van der Waals surface area contributed by atoms with Crippen molar-refractivity contribution >= 4 is 17.5 Å². The fraction of sp³-hybridized carbons (Fsp3) is 0.429. The van der Waals surface area contributed by atoms with E-state index in [-0.39, 0.29) is 11.8 Å². The Labute approximate surface area is 107 Å². The predicted molar refractivity (Wildman–Crippen MR) is 70.5 cm³/mol. The second-order valence-corrected chi connectivity index (χ2v) is 4.88. The number of piperazine rings is 1. The van der Waals surface area contributed by atoms with Gasteiger partial charge in [0.15, 0.2) is 0 Å². The lowest BCUT2D eigenvalue weighted by Gasteiger charge is -2.36. The monoisotopic (exact) mass is 246 g/mol. The molecule has 2 unspecified atom stereocenters. The number of carbonyl (C=O) groups excluding carboxylic acids is 2. The minimum absolute atomic E-state index is 0.0645. The van der Waals surface area contributed by atoms with Gasteiger partial charge in [0.05, 0.1) is 0 Å². The maximum Gasteiger partial charge on any atom is 0.250 e. The molecule has 1 fully saturated rings. The van der Waals surface area contributed by atoms with Crippen molar-refractivity contribution in [2.24, 2.45) is 0 Å². The Balaban J connectivity index is 2.43. The molecule has 1 heterocycles. The lowest BCUT2D eigenvalue weighted by Crippen LogP contribution is -2.61. The Kier molecular flexibility index (Phi) is 3.11. The van der Waals surface area contributed by atoms with Crippen molar-refractivity contribution in [3.63, 3.8) is 0 Å². The van der Waals surface area contributed by atoms with Gasteiger partial charge in [-0.2, -0.15) is 0 Å². The van der Waals surface area contributed by atoms with Crippen LogP contribution in [0.2, 0.25) is 0 Å². The number of amides is 2. The van der Waals surface area contributed by atoms with Crippen molar-refractivity contribution in [2.75, 3.05) is 4.90 Å². The first-order chi connectivity index (χ1) is 8.41. The molecule has 1 N–H and O–H groups in total. The lowest BCUT2D eigenvalue weighted by atomic mass is 10.0. The van der Waals surface area contributed by atoms with Crippen LogP contribution in [0, 0.1) is 13.8 Å². The molecule has 4 nitrogen and oxygen atoms in total. The van der Waals surface area contributed by atoms with Crippen LogP contribution < -0.4 is 10.2 Å². The zero-order valence-electron chi connectivity index (χ0n) is 11.2. The van der Waals surface area contributed by atoms with Gasteiger partial charge in [0.2, 0.25) is 11.8 Å². The first kappa shape index (κ1) is 12.6. The molecule has 0 spiro atoms. The van der Waals surface area contributed by atoms with E-state index in [2.05, 4.69) is 5.32 Å². The van der Waals surface area contributed by atoms with Gasteiger partial charge in [-0.3, -0.25) is 14.5 Å². The minimum Gasteiger partial charge on any atom is -0.343 e. The molecule has 1 aliphatic rings. The largest absolute Gasteiger partial charge is 0.343 e. The molecule has 18 heavy (non-hydrogen) atoms. The number of hydrogen-bond acceptors (Lipinski definition) is 2. The van der Waals surface area contributed by atoms with Crippen LogP contribution in [0.15, 0.2) is 18.2 Å². The summed E-state index contributed by atoms with van der Waals surface area (Å²) in [5.74, 6) is -0.175. The van der Waals surface area contributed by atoms with E-state index < -0.39 is 12.1 Å². The number of carbonyl (C=O) groups is 2. The number of benzene rings is 1. The summed E-state index contributed by atoms with van der Waals surface area (Å²) < 4.78 is 0. The van der Waals surface area contributed by atoms with Crippen LogP contribution in [0.25, 0.3) is 0 Å². The third-order valence-electron chi connectivity index (χ3n) is 3.50. The van der Waals surface area contributed by atoms with Crippen LogP contribution in [-0.4, -0.2) is 23.9 Å². The third kappa shape index (κ3) is 1.98. The van der Waals surface area contributed by atoms with Gasteiger partial charge in [-0.1, -0.05) is 6.07 Å². The van der Waals surface area contributed by atoms with Gasteiger partial charge in [-0.05, 0) is 51.0 Å². The van der Waals surface area contributed by atoms with Crippen LogP contribution in [0.1, 0.15) is 25.0 Å². The Morgan fingerprint density at radius 3 is 2.39 bits per heavy atom. The van der Waals surface area contributed by atoms with Crippen LogP contribution in [0.5, 0.6) is 0 Å². The lowest BCUT2D eigenvalue weighted by molar-refractivity contribution is -0.133. The van der Waals surface area contributed by atoms with Gasteiger partial charge >= 0.3 is 0 Å². The van der Waals surface area contributed by atoms with E-state index in [0.717, 1.165) is 11.3 Å². The predicted octanol–water partition coefficient (Wildman–Crippen LogP) is 1.54. The fourth-order valence-corrected chi connectivity index (χ4v) is 2.14. The van der Waals surface area contributed by atoms with Gasteiger partial charge in [0.25, 0.3) is 0 Å². The van der Waals surface area contributed by atoms with Crippen molar-refractivity contribution in [1.82, 2.24) is 5.32 Å². The van der Waals surface area contributed by atoms with Crippen molar-refractivity contribution in [3.05, 3.63) is 29.3 Å². The second kappa shape index (κ2) is 4.44. The molecule has 0 saturated carbocycles. The van der Waals surface area contributed by atoms with E-state index in [9.17, 15) is 9.59 Å². The van der Waals surface area contributed by atoms with E-state index in [0.29, 0.717) is 0 Å². The maximum atomic E-state index is 12.2. The van der Waals surface area contributed by atoms with Gasteiger partial charge in [0, 0.05) is 5.69 Å². The highest BCUT2D eigenvalue weighted by Crippen LogP contribution is 2.23. The average molecular weight is 246 g/mol. The minimum atomic E-state index is -0.463. The molecule has 4 heteroatoms. The van der Waals surface area contributed by atoms with Crippen LogP contribution in [0.4, 0.5) is 5.69 Å². The summed E-state index contributed by atoms with van der Waals surface area (Å²) in [7, 11) is 0. The Morgan fingerprint density at radius 2 is 1.78 bits per heavy atom. The van der Waals surface area contributed by atoms with Gasteiger partial charge < -0.3 is 5.32 Å². The molecule has 2 rings (SSSR count). The highest BCUT2D eigenvalue weighted by atomic mass is 16.2. The van der Waals surface area contributed by atoms with E-state index in [1.54, 1.807) is 18.7 Å². The van der Waals surface area contributed by atoms with Gasteiger partial charge in [0.1, 0.15) is 12.1 Å². The summed E-state index contributed by atoms with van der Waals surface area (Å²) in [4.78, 5) is 25.5. The Bertz CT molecular complexity index is 511. The number of nitrogens with one attached hydrogen (secondary N) is 1. The van der Waals surface area contributed by atoms with Crippen molar-refractivity contribution in [1.29, 1.82) is 0 Å². The molecule has 1 aromatic rings. The summed E-state index contributed by atoms with van der Waals surface area (Å²) in [6.07, 6.45) is 0. The summed E-state index contributed by atoms with van der Waals surface area (Å²) in [5, 5.41) is 2.67. The first-order valence-electron chi connectivity index (χ1n) is 6.12. The zero-order valence-corrected chi connectivity index (χ0v) is 11.2. The molecule has 1 aromatic carbocycles. The highest BCUT2D eigenvalue weighted by Gasteiger charge is 2.36. The smallest absolute Gasteiger partial charge is 0.250 e.